The summed E-state index contributed by atoms with van der Waals surface area (Å²) in [6.07, 6.45) is 0. The Kier molecular flexibility index (Phi) is 30.2. The molecule has 0 aliphatic carbocycles. The van der Waals surface area contributed by atoms with Crippen LogP contribution in [0.4, 0.5) is 0 Å². The number of halogens is 2. The van der Waals surface area contributed by atoms with E-state index in [1.54, 1.807) is 12.1 Å². The number of hydrogen-bond donors (Lipinski definition) is 2. The average Bonchev–Trinajstić information content (AvgIpc) is 3.52. The van der Waals surface area contributed by atoms with Crippen molar-refractivity contribution in [2.24, 2.45) is 0 Å². The predicted octanol–water partition coefficient (Wildman–Crippen LogP) is 20.4. The molecule has 0 aromatic heterocycles. The smallest absolute Gasteiger partial charge is 0.137 e. The summed E-state index contributed by atoms with van der Waals surface area (Å²) in [5, 5.41) is 18.7. The van der Waals surface area contributed by atoms with Crippen molar-refractivity contribution in [3.63, 3.8) is 0 Å². The molecule has 0 saturated heterocycles. The molecule has 8 heteroatoms. The van der Waals surface area contributed by atoms with Gasteiger partial charge in [-0.05, 0) is 97.8 Å². The van der Waals surface area contributed by atoms with E-state index in [0.717, 1.165) is 76.5 Å². The summed E-state index contributed by atoms with van der Waals surface area (Å²) < 4.78 is 26.0. The summed E-state index contributed by atoms with van der Waals surface area (Å²) in [4.78, 5) is 0. The van der Waals surface area contributed by atoms with Gasteiger partial charge in [0.2, 0.25) is 0 Å². The van der Waals surface area contributed by atoms with Crippen molar-refractivity contribution in [2.75, 3.05) is 0 Å². The molecule has 0 unspecified atom stereocenters. The third-order valence-electron chi connectivity index (χ3n) is 10.7. The number of phenolic OH excluding ortho intramolecular Hbond substituents is 2. The maximum absolute atomic E-state index is 9.58. The largest absolute Gasteiger partial charge is 0.508 e. The van der Waals surface area contributed by atoms with Crippen molar-refractivity contribution in [1.29, 1.82) is 0 Å². The highest BCUT2D eigenvalue weighted by atomic mass is 79.9. The van der Waals surface area contributed by atoms with Crippen LogP contribution in [-0.2, 0) is 26.4 Å². The molecule has 0 aliphatic heterocycles. The Bertz CT molecular complexity index is 3090. The zero-order chi connectivity index (χ0) is 56.0. The number of phenols is 2. The van der Waals surface area contributed by atoms with Gasteiger partial charge in [0, 0.05) is 33.8 Å². The van der Waals surface area contributed by atoms with E-state index in [0.29, 0.717) is 26.4 Å². The standard InChI is InChI=1S/C26H22O2.C20H17BrO2.C12H10O2.C6H5Br.3C2H6/c1-4-10-21(11-5-1)19-27-24-16-17-25(23-14-8-3-9-15-23)26(18-24)28-20-22-12-6-2-7-13-22;21-19-12-11-18(22-14-16-7-3-1-4-8-16)13-20(19)23-15-17-9-5-2-6-10-17;13-10-6-7-11(12(14)8-10)9-4-2-1-3-5-9;7-6-4-2-1-3-5-6;3*1-2/h1-18H,19-20H2;1-13H,14-15H2;1-8,13-14H;1-5H;3*1-2H3. The van der Waals surface area contributed by atoms with E-state index in [-0.39, 0.29) is 11.5 Å². The van der Waals surface area contributed by atoms with E-state index < -0.39 is 0 Å². The number of ether oxygens (including phenoxy) is 4. The first kappa shape index (κ1) is 62.5. The Morgan fingerprint density at radius 3 is 1.01 bits per heavy atom. The van der Waals surface area contributed by atoms with Crippen LogP contribution in [0.3, 0.4) is 0 Å². The van der Waals surface area contributed by atoms with Gasteiger partial charge >= 0.3 is 0 Å². The Labute approximate surface area is 480 Å². The lowest BCUT2D eigenvalue weighted by Gasteiger charge is -2.14. The van der Waals surface area contributed by atoms with E-state index in [1.807, 2.05) is 248 Å². The van der Waals surface area contributed by atoms with Gasteiger partial charge in [-0.15, -0.1) is 0 Å². The van der Waals surface area contributed by atoms with Crippen LogP contribution in [0.15, 0.2) is 276 Å². The summed E-state index contributed by atoms with van der Waals surface area (Å²) in [6, 6.07) is 86.8. The average molecular weight is 1170 g/mol. The second kappa shape index (κ2) is 37.7. The molecule has 0 bridgehead atoms. The van der Waals surface area contributed by atoms with Crippen LogP contribution >= 0.6 is 31.9 Å². The Morgan fingerprint density at radius 1 is 0.308 bits per heavy atom. The highest BCUT2D eigenvalue weighted by Gasteiger charge is 2.10. The van der Waals surface area contributed by atoms with Crippen molar-refractivity contribution in [3.05, 3.63) is 298 Å². The van der Waals surface area contributed by atoms with E-state index in [2.05, 4.69) is 74.3 Å². The Balaban J connectivity index is 0.000000234. The van der Waals surface area contributed by atoms with E-state index >= 15 is 0 Å². The van der Waals surface area contributed by atoms with E-state index in [4.69, 9.17) is 24.1 Å². The summed E-state index contributed by atoms with van der Waals surface area (Å²) in [5.41, 5.74) is 8.40. The Morgan fingerprint density at radius 2 is 0.628 bits per heavy atom. The lowest BCUT2D eigenvalue weighted by Crippen LogP contribution is -1.99. The number of benzene rings is 10. The van der Waals surface area contributed by atoms with Gasteiger partial charge < -0.3 is 29.2 Å². The molecule has 6 nitrogen and oxygen atoms in total. The molecule has 2 N–H and O–H groups in total. The molecule has 0 aliphatic rings. The normalized spacial score (nSPS) is 9.59. The molecule has 10 aromatic carbocycles. The SMILES string of the molecule is Brc1ccc(OCc2ccccc2)cc1OCc1ccccc1.Brc1ccccc1.CC.CC.CC.Oc1ccc(-c2ccccc2)c(O)c1.c1ccc(COc2ccc(-c3ccccc3)c(OCc3ccccc3)c2)cc1. The first-order valence-corrected chi connectivity index (χ1v) is 27.9. The van der Waals surface area contributed by atoms with Crippen LogP contribution in [0.1, 0.15) is 63.8 Å². The molecule has 0 amide bonds. The van der Waals surface area contributed by atoms with E-state index in [1.165, 1.54) is 6.07 Å². The molecular formula is C70H72Br2O6. The van der Waals surface area contributed by atoms with Gasteiger partial charge in [-0.3, -0.25) is 0 Å². The van der Waals surface area contributed by atoms with Gasteiger partial charge in [0.05, 0.1) is 4.47 Å². The fourth-order valence-corrected chi connectivity index (χ4v) is 7.67. The summed E-state index contributed by atoms with van der Waals surface area (Å²) in [6.45, 7) is 14.1. The molecule has 402 valence electrons. The molecule has 0 saturated carbocycles. The predicted molar refractivity (Wildman–Crippen MR) is 333 cm³/mol. The first-order chi connectivity index (χ1) is 38.4. The zero-order valence-corrected chi connectivity index (χ0v) is 48.7. The van der Waals surface area contributed by atoms with Crippen LogP contribution in [0.5, 0.6) is 34.5 Å². The van der Waals surface area contributed by atoms with Crippen LogP contribution in [0.25, 0.3) is 22.3 Å². The zero-order valence-electron chi connectivity index (χ0n) is 45.5. The lowest BCUT2D eigenvalue weighted by atomic mass is 10.0. The molecule has 0 atom stereocenters. The lowest BCUT2D eigenvalue weighted by molar-refractivity contribution is 0.288. The fourth-order valence-electron chi connectivity index (χ4n) is 7.00. The van der Waals surface area contributed by atoms with Gasteiger partial charge in [-0.1, -0.05) is 258 Å². The van der Waals surface area contributed by atoms with Crippen molar-refractivity contribution in [1.82, 2.24) is 0 Å². The van der Waals surface area contributed by atoms with Gasteiger partial charge in [-0.2, -0.15) is 0 Å². The van der Waals surface area contributed by atoms with Crippen LogP contribution in [0, 0.1) is 0 Å². The van der Waals surface area contributed by atoms with Crippen LogP contribution in [0.2, 0.25) is 0 Å². The third kappa shape index (κ3) is 23.1. The van der Waals surface area contributed by atoms with E-state index in [9.17, 15) is 5.11 Å². The van der Waals surface area contributed by atoms with Gasteiger partial charge in [0.15, 0.2) is 0 Å². The van der Waals surface area contributed by atoms with Crippen molar-refractivity contribution in [3.8, 4) is 56.8 Å². The highest BCUT2D eigenvalue weighted by Crippen LogP contribution is 2.35. The highest BCUT2D eigenvalue weighted by molar-refractivity contribution is 9.10. The maximum Gasteiger partial charge on any atom is 0.137 e. The summed E-state index contributed by atoms with van der Waals surface area (Å²) in [7, 11) is 0. The Hall–Kier alpha value is -8.04. The maximum atomic E-state index is 9.58. The molecule has 0 radical (unpaired) electrons. The summed E-state index contributed by atoms with van der Waals surface area (Å²) in [5.74, 6) is 3.35. The number of aromatic hydroxyl groups is 2. The number of rotatable bonds is 14. The van der Waals surface area contributed by atoms with Gasteiger partial charge in [-0.25, -0.2) is 0 Å². The number of hydrogen-bond acceptors (Lipinski definition) is 6. The quantitative estimate of drug-likeness (QED) is 0.113. The minimum absolute atomic E-state index is 0.0715. The van der Waals surface area contributed by atoms with Gasteiger partial charge in [0.25, 0.3) is 0 Å². The molecule has 0 fully saturated rings. The van der Waals surface area contributed by atoms with Crippen molar-refractivity contribution < 1.29 is 29.2 Å². The third-order valence-corrected chi connectivity index (χ3v) is 11.9. The van der Waals surface area contributed by atoms with Crippen molar-refractivity contribution >= 4 is 31.9 Å². The molecule has 78 heavy (non-hydrogen) atoms. The monoisotopic (exact) mass is 1170 g/mol. The molecule has 10 rings (SSSR count). The topological polar surface area (TPSA) is 77.4 Å². The fraction of sp³-hybridized carbons (Fsp3) is 0.143. The van der Waals surface area contributed by atoms with Crippen LogP contribution < -0.4 is 18.9 Å². The summed E-state index contributed by atoms with van der Waals surface area (Å²) >= 11 is 6.83. The molecule has 10 aromatic rings. The molecular weight excluding hydrogens is 1100 g/mol. The van der Waals surface area contributed by atoms with Crippen LogP contribution in [-0.4, -0.2) is 10.2 Å². The second-order valence-electron chi connectivity index (χ2n) is 16.1. The second-order valence-corrected chi connectivity index (χ2v) is 17.8. The minimum Gasteiger partial charge on any atom is -0.508 e. The minimum atomic E-state index is 0.0715. The first-order valence-electron chi connectivity index (χ1n) is 26.3. The van der Waals surface area contributed by atoms with Gasteiger partial charge in [0.1, 0.15) is 60.9 Å². The molecule has 0 heterocycles. The molecule has 0 spiro atoms. The van der Waals surface area contributed by atoms with Crippen molar-refractivity contribution in [2.45, 2.75) is 68.0 Å².